The monoisotopic (exact) mass is 299 g/mol. The number of nitrogens with two attached hydrogens (primary N) is 1. The lowest BCUT2D eigenvalue weighted by molar-refractivity contribution is 0.153. The average Bonchev–Trinajstić information content (AvgIpc) is 2.46. The number of piperidine rings is 1. The van der Waals surface area contributed by atoms with Gasteiger partial charge < -0.3 is 16.0 Å². The molecule has 3 N–H and O–H groups in total. The van der Waals surface area contributed by atoms with E-state index in [1.807, 2.05) is 0 Å². The van der Waals surface area contributed by atoms with E-state index in [2.05, 4.69) is 5.32 Å². The maximum Gasteiger partial charge on any atom is 0.317 e. The summed E-state index contributed by atoms with van der Waals surface area (Å²) in [5, 5.41) is 3.14. The van der Waals surface area contributed by atoms with Crippen molar-refractivity contribution < 1.29 is 9.18 Å². The van der Waals surface area contributed by atoms with Gasteiger partial charge in [0.25, 0.3) is 0 Å². The fourth-order valence-corrected chi connectivity index (χ4v) is 2.68. The van der Waals surface area contributed by atoms with E-state index in [0.717, 1.165) is 25.8 Å². The van der Waals surface area contributed by atoms with Crippen LogP contribution in [-0.4, -0.2) is 30.1 Å². The van der Waals surface area contributed by atoms with Gasteiger partial charge in [0.05, 0.1) is 0 Å². The van der Waals surface area contributed by atoms with E-state index in [1.165, 1.54) is 12.1 Å². The third kappa shape index (κ3) is 3.61. The molecule has 1 aromatic carbocycles. The topological polar surface area (TPSA) is 58.4 Å². The van der Waals surface area contributed by atoms with Gasteiger partial charge in [-0.15, -0.1) is 0 Å². The lowest BCUT2D eigenvalue weighted by Crippen LogP contribution is -2.51. The Balaban J connectivity index is 1.94. The standard InChI is InChI=1S/C14H19ClFN3O/c15-13-7-11(16)5-4-10(13)9-18-14(20)19-6-2-1-3-12(19)8-17/h4-5,7,12H,1-3,6,8-9,17H2,(H,18,20). The van der Waals surface area contributed by atoms with Crippen LogP contribution in [-0.2, 0) is 6.54 Å². The third-order valence-corrected chi connectivity index (χ3v) is 3.96. The van der Waals surface area contributed by atoms with Gasteiger partial charge in [0.2, 0.25) is 0 Å². The normalized spacial score (nSPS) is 18.9. The zero-order chi connectivity index (χ0) is 14.5. The van der Waals surface area contributed by atoms with E-state index >= 15 is 0 Å². The number of nitrogens with one attached hydrogen (secondary N) is 1. The molecule has 110 valence electrons. The number of carbonyl (C=O) groups excluding carboxylic acids is 1. The van der Waals surface area contributed by atoms with E-state index < -0.39 is 0 Å². The first-order valence-electron chi connectivity index (χ1n) is 6.80. The fourth-order valence-electron chi connectivity index (χ4n) is 2.45. The second kappa shape index (κ2) is 6.90. The highest BCUT2D eigenvalue weighted by atomic mass is 35.5. The number of amides is 2. The minimum atomic E-state index is -0.385. The molecule has 1 aliphatic rings. The molecule has 0 aromatic heterocycles. The number of hydrogen-bond acceptors (Lipinski definition) is 2. The lowest BCUT2D eigenvalue weighted by atomic mass is 10.0. The maximum atomic E-state index is 12.9. The first-order valence-corrected chi connectivity index (χ1v) is 7.18. The Morgan fingerprint density at radius 3 is 3.00 bits per heavy atom. The van der Waals surface area contributed by atoms with E-state index in [-0.39, 0.29) is 24.4 Å². The summed E-state index contributed by atoms with van der Waals surface area (Å²) in [5.41, 5.74) is 6.39. The molecule has 0 radical (unpaired) electrons. The van der Waals surface area contributed by atoms with E-state index in [1.54, 1.807) is 11.0 Å². The molecule has 1 saturated heterocycles. The van der Waals surface area contributed by atoms with E-state index in [0.29, 0.717) is 17.1 Å². The minimum absolute atomic E-state index is 0.104. The number of carbonyl (C=O) groups is 1. The lowest BCUT2D eigenvalue weighted by Gasteiger charge is -2.35. The molecule has 2 rings (SSSR count). The van der Waals surface area contributed by atoms with Gasteiger partial charge in [0.1, 0.15) is 5.82 Å². The van der Waals surface area contributed by atoms with Crippen LogP contribution in [0, 0.1) is 5.82 Å². The Labute approximate surface area is 123 Å². The molecule has 20 heavy (non-hydrogen) atoms. The highest BCUT2D eigenvalue weighted by Crippen LogP contribution is 2.18. The number of nitrogens with zero attached hydrogens (tertiary/aromatic N) is 1. The quantitative estimate of drug-likeness (QED) is 0.901. The van der Waals surface area contributed by atoms with Gasteiger partial charge in [-0.1, -0.05) is 17.7 Å². The Bertz CT molecular complexity index is 483. The number of halogens is 2. The van der Waals surface area contributed by atoms with Crippen molar-refractivity contribution in [2.75, 3.05) is 13.1 Å². The molecule has 6 heteroatoms. The summed E-state index contributed by atoms with van der Waals surface area (Å²) in [4.78, 5) is 13.9. The summed E-state index contributed by atoms with van der Waals surface area (Å²) in [6.45, 7) is 1.49. The van der Waals surface area contributed by atoms with Crippen molar-refractivity contribution in [3.05, 3.63) is 34.6 Å². The van der Waals surface area contributed by atoms with Gasteiger partial charge >= 0.3 is 6.03 Å². The first kappa shape index (κ1) is 15.1. The molecule has 0 aliphatic carbocycles. The molecule has 1 aliphatic heterocycles. The molecule has 4 nitrogen and oxygen atoms in total. The zero-order valence-corrected chi connectivity index (χ0v) is 12.0. The maximum absolute atomic E-state index is 12.9. The molecule has 1 aromatic rings. The Morgan fingerprint density at radius 1 is 1.50 bits per heavy atom. The highest BCUT2D eigenvalue weighted by Gasteiger charge is 2.25. The Morgan fingerprint density at radius 2 is 2.30 bits per heavy atom. The average molecular weight is 300 g/mol. The van der Waals surface area contributed by atoms with Gasteiger partial charge in [-0.05, 0) is 37.0 Å². The number of benzene rings is 1. The summed E-state index contributed by atoms with van der Waals surface area (Å²) in [6.07, 6.45) is 3.05. The van der Waals surface area contributed by atoms with Crippen molar-refractivity contribution in [2.24, 2.45) is 5.73 Å². The predicted octanol–water partition coefficient (Wildman–Crippen LogP) is 2.50. The van der Waals surface area contributed by atoms with Crippen molar-refractivity contribution in [3.63, 3.8) is 0 Å². The van der Waals surface area contributed by atoms with Crippen LogP contribution in [0.1, 0.15) is 24.8 Å². The second-order valence-corrected chi connectivity index (χ2v) is 5.38. The van der Waals surface area contributed by atoms with Gasteiger partial charge in [0, 0.05) is 30.7 Å². The summed E-state index contributed by atoms with van der Waals surface area (Å²) in [5.74, 6) is -0.385. The van der Waals surface area contributed by atoms with Crippen LogP contribution in [0.4, 0.5) is 9.18 Å². The van der Waals surface area contributed by atoms with Gasteiger partial charge in [-0.2, -0.15) is 0 Å². The highest BCUT2D eigenvalue weighted by molar-refractivity contribution is 6.31. The molecule has 1 atom stereocenters. The molecular formula is C14H19ClFN3O. The largest absolute Gasteiger partial charge is 0.334 e. The second-order valence-electron chi connectivity index (χ2n) is 4.97. The van der Waals surface area contributed by atoms with Crippen LogP contribution in [0.15, 0.2) is 18.2 Å². The number of urea groups is 1. The van der Waals surface area contributed by atoms with E-state index in [9.17, 15) is 9.18 Å². The summed E-state index contributed by atoms with van der Waals surface area (Å²) >= 11 is 5.93. The van der Waals surface area contributed by atoms with Crippen LogP contribution < -0.4 is 11.1 Å². The van der Waals surface area contributed by atoms with Crippen LogP contribution in [0.5, 0.6) is 0 Å². The van der Waals surface area contributed by atoms with Crippen LogP contribution in [0.25, 0.3) is 0 Å². The number of rotatable bonds is 3. The molecule has 1 heterocycles. The van der Waals surface area contributed by atoms with Gasteiger partial charge in [-0.3, -0.25) is 0 Å². The fraction of sp³-hybridized carbons (Fsp3) is 0.500. The zero-order valence-electron chi connectivity index (χ0n) is 11.2. The van der Waals surface area contributed by atoms with Crippen LogP contribution >= 0.6 is 11.6 Å². The summed E-state index contributed by atoms with van der Waals surface area (Å²) < 4.78 is 12.9. The molecule has 0 saturated carbocycles. The third-order valence-electron chi connectivity index (χ3n) is 3.61. The molecular weight excluding hydrogens is 281 g/mol. The molecule has 0 bridgehead atoms. The minimum Gasteiger partial charge on any atom is -0.334 e. The van der Waals surface area contributed by atoms with Crippen molar-refractivity contribution in [1.29, 1.82) is 0 Å². The van der Waals surface area contributed by atoms with Crippen molar-refractivity contribution in [1.82, 2.24) is 10.2 Å². The Hall–Kier alpha value is -1.33. The van der Waals surface area contributed by atoms with E-state index in [4.69, 9.17) is 17.3 Å². The van der Waals surface area contributed by atoms with Crippen LogP contribution in [0.2, 0.25) is 5.02 Å². The summed E-state index contributed by atoms with van der Waals surface area (Å²) in [6, 6.07) is 4.12. The molecule has 2 amide bonds. The van der Waals surface area contributed by atoms with Crippen molar-refractivity contribution in [2.45, 2.75) is 31.8 Å². The van der Waals surface area contributed by atoms with Crippen LogP contribution in [0.3, 0.4) is 0 Å². The number of likely N-dealkylation sites (tertiary alicyclic amines) is 1. The Kier molecular flexibility index (Phi) is 5.20. The molecule has 1 unspecified atom stereocenters. The number of hydrogen-bond donors (Lipinski definition) is 2. The predicted molar refractivity (Wildman–Crippen MR) is 77.0 cm³/mol. The molecule has 0 spiro atoms. The SMILES string of the molecule is NCC1CCCCN1C(=O)NCc1ccc(F)cc1Cl. The first-order chi connectivity index (χ1) is 9.61. The molecule has 1 fully saturated rings. The van der Waals surface area contributed by atoms with Gasteiger partial charge in [0.15, 0.2) is 0 Å². The summed E-state index contributed by atoms with van der Waals surface area (Å²) in [7, 11) is 0. The van der Waals surface area contributed by atoms with Crippen molar-refractivity contribution >= 4 is 17.6 Å². The van der Waals surface area contributed by atoms with Gasteiger partial charge in [-0.25, -0.2) is 9.18 Å². The van der Waals surface area contributed by atoms with Crippen molar-refractivity contribution in [3.8, 4) is 0 Å². The smallest absolute Gasteiger partial charge is 0.317 e.